The summed E-state index contributed by atoms with van der Waals surface area (Å²) in [7, 11) is 1.69. The predicted octanol–water partition coefficient (Wildman–Crippen LogP) is 2.14. The number of benzene rings is 1. The zero-order valence-corrected chi connectivity index (χ0v) is 12.8. The molecule has 0 atom stereocenters. The molecule has 1 aromatic rings. The van der Waals surface area contributed by atoms with Gasteiger partial charge in [0.05, 0.1) is 7.11 Å². The number of methoxy groups -OCH3 is 1. The molecule has 4 nitrogen and oxygen atoms in total. The Balaban J connectivity index is 1.47. The Kier molecular flexibility index (Phi) is 4.44. The normalized spacial score (nSPS) is 20.1. The van der Waals surface area contributed by atoms with Gasteiger partial charge < -0.3 is 9.64 Å². The zero-order valence-electron chi connectivity index (χ0n) is 12.8. The van der Waals surface area contributed by atoms with Crippen LogP contribution in [0.5, 0.6) is 5.75 Å². The summed E-state index contributed by atoms with van der Waals surface area (Å²) in [5.74, 6) is 1.62. The van der Waals surface area contributed by atoms with Crippen molar-refractivity contribution in [2.24, 2.45) is 5.92 Å². The highest BCUT2D eigenvalue weighted by molar-refractivity contribution is 5.79. The third-order valence-corrected chi connectivity index (χ3v) is 4.70. The fraction of sp³-hybridized carbons (Fsp3) is 0.588. The van der Waals surface area contributed by atoms with E-state index < -0.39 is 0 Å². The molecule has 1 aliphatic heterocycles. The number of hydrogen-bond donors (Lipinski definition) is 0. The molecule has 0 radical (unpaired) electrons. The van der Waals surface area contributed by atoms with Crippen molar-refractivity contribution in [3.63, 3.8) is 0 Å². The molecule has 0 bridgehead atoms. The maximum Gasteiger partial charge on any atom is 0.225 e. The van der Waals surface area contributed by atoms with Gasteiger partial charge in [-0.3, -0.25) is 9.69 Å². The van der Waals surface area contributed by atoms with Gasteiger partial charge in [0, 0.05) is 38.6 Å². The largest absolute Gasteiger partial charge is 0.497 e. The maximum atomic E-state index is 12.2. The highest BCUT2D eigenvalue weighted by atomic mass is 16.5. The van der Waals surface area contributed by atoms with Crippen molar-refractivity contribution >= 4 is 5.91 Å². The lowest BCUT2D eigenvalue weighted by atomic mass is 9.84. The molecule has 0 unspecified atom stereocenters. The molecule has 1 amide bonds. The van der Waals surface area contributed by atoms with E-state index in [0.29, 0.717) is 11.8 Å². The van der Waals surface area contributed by atoms with Crippen LogP contribution < -0.4 is 4.74 Å². The summed E-state index contributed by atoms with van der Waals surface area (Å²) >= 11 is 0. The van der Waals surface area contributed by atoms with Gasteiger partial charge in [-0.05, 0) is 30.5 Å². The van der Waals surface area contributed by atoms with Crippen molar-refractivity contribution in [3.05, 3.63) is 29.8 Å². The number of carbonyl (C=O) groups is 1. The minimum Gasteiger partial charge on any atom is -0.497 e. The number of amides is 1. The standard InChI is InChI=1S/C17H24N2O2/c1-21-16-7-5-14(6-8-16)13-18-9-11-19(12-10-18)17(20)15-3-2-4-15/h5-8,15H,2-4,9-13H2,1H3. The summed E-state index contributed by atoms with van der Waals surface area (Å²) in [6.45, 7) is 4.67. The Morgan fingerprint density at radius 1 is 1.14 bits per heavy atom. The van der Waals surface area contributed by atoms with Crippen LogP contribution in [-0.4, -0.2) is 49.0 Å². The lowest BCUT2D eigenvalue weighted by Crippen LogP contribution is -2.50. The highest BCUT2D eigenvalue weighted by Gasteiger charge is 2.31. The van der Waals surface area contributed by atoms with Gasteiger partial charge in [-0.25, -0.2) is 0 Å². The molecule has 1 aromatic carbocycles. The predicted molar refractivity (Wildman–Crippen MR) is 82.2 cm³/mol. The van der Waals surface area contributed by atoms with Crippen LogP contribution in [0.15, 0.2) is 24.3 Å². The van der Waals surface area contributed by atoms with Gasteiger partial charge in [0.15, 0.2) is 0 Å². The minimum atomic E-state index is 0.332. The van der Waals surface area contributed by atoms with Crippen LogP contribution in [-0.2, 0) is 11.3 Å². The molecule has 2 aliphatic rings. The molecule has 1 saturated carbocycles. The minimum absolute atomic E-state index is 0.332. The second-order valence-corrected chi connectivity index (χ2v) is 6.08. The van der Waals surface area contributed by atoms with Crippen LogP contribution >= 0.6 is 0 Å². The van der Waals surface area contributed by atoms with E-state index in [2.05, 4.69) is 21.9 Å². The molecule has 0 N–H and O–H groups in total. The van der Waals surface area contributed by atoms with Gasteiger partial charge in [-0.1, -0.05) is 18.6 Å². The molecule has 114 valence electrons. The third-order valence-electron chi connectivity index (χ3n) is 4.70. The molecule has 3 rings (SSSR count). The second kappa shape index (κ2) is 6.48. The van der Waals surface area contributed by atoms with E-state index in [1.54, 1.807) is 7.11 Å². The molecular weight excluding hydrogens is 264 g/mol. The maximum absolute atomic E-state index is 12.2. The molecular formula is C17H24N2O2. The first kappa shape index (κ1) is 14.4. The fourth-order valence-electron chi connectivity index (χ4n) is 3.03. The average molecular weight is 288 g/mol. The van der Waals surface area contributed by atoms with Crippen molar-refractivity contribution < 1.29 is 9.53 Å². The molecule has 0 aromatic heterocycles. The van der Waals surface area contributed by atoms with Crippen molar-refractivity contribution in [2.75, 3.05) is 33.3 Å². The summed E-state index contributed by atoms with van der Waals surface area (Å²) in [5.41, 5.74) is 1.30. The Bertz CT molecular complexity index is 474. The first-order valence-corrected chi connectivity index (χ1v) is 7.90. The molecule has 1 saturated heterocycles. The van der Waals surface area contributed by atoms with E-state index in [0.717, 1.165) is 51.3 Å². The monoisotopic (exact) mass is 288 g/mol. The van der Waals surface area contributed by atoms with Crippen molar-refractivity contribution in [3.8, 4) is 5.75 Å². The van der Waals surface area contributed by atoms with Crippen molar-refractivity contribution in [1.82, 2.24) is 9.80 Å². The van der Waals surface area contributed by atoms with Gasteiger partial charge in [-0.2, -0.15) is 0 Å². The van der Waals surface area contributed by atoms with Crippen LogP contribution in [0.1, 0.15) is 24.8 Å². The van der Waals surface area contributed by atoms with E-state index in [1.807, 2.05) is 12.1 Å². The number of ether oxygens (including phenoxy) is 1. The lowest BCUT2D eigenvalue weighted by Gasteiger charge is -2.38. The fourth-order valence-corrected chi connectivity index (χ4v) is 3.03. The molecule has 21 heavy (non-hydrogen) atoms. The Morgan fingerprint density at radius 2 is 1.81 bits per heavy atom. The Hall–Kier alpha value is -1.55. The van der Waals surface area contributed by atoms with Crippen LogP contribution in [0.3, 0.4) is 0 Å². The number of carbonyl (C=O) groups excluding carboxylic acids is 1. The zero-order chi connectivity index (χ0) is 14.7. The van der Waals surface area contributed by atoms with Crippen LogP contribution in [0.25, 0.3) is 0 Å². The summed E-state index contributed by atoms with van der Waals surface area (Å²) in [4.78, 5) is 16.7. The van der Waals surface area contributed by atoms with Gasteiger partial charge in [0.25, 0.3) is 0 Å². The average Bonchev–Trinajstić information content (AvgIpc) is 2.47. The Labute approximate surface area is 126 Å². The quantitative estimate of drug-likeness (QED) is 0.851. The van der Waals surface area contributed by atoms with Gasteiger partial charge in [0.1, 0.15) is 5.75 Å². The SMILES string of the molecule is COc1ccc(CN2CCN(C(=O)C3CCC3)CC2)cc1. The van der Waals surface area contributed by atoms with E-state index in [-0.39, 0.29) is 0 Å². The third kappa shape index (κ3) is 3.38. The van der Waals surface area contributed by atoms with Crippen molar-refractivity contribution in [1.29, 1.82) is 0 Å². The van der Waals surface area contributed by atoms with Gasteiger partial charge in [0.2, 0.25) is 5.91 Å². The van der Waals surface area contributed by atoms with Crippen LogP contribution in [0.4, 0.5) is 0 Å². The Morgan fingerprint density at radius 3 is 2.33 bits per heavy atom. The number of hydrogen-bond acceptors (Lipinski definition) is 3. The smallest absolute Gasteiger partial charge is 0.225 e. The first-order chi connectivity index (χ1) is 10.3. The van der Waals surface area contributed by atoms with Crippen molar-refractivity contribution in [2.45, 2.75) is 25.8 Å². The highest BCUT2D eigenvalue weighted by Crippen LogP contribution is 2.28. The summed E-state index contributed by atoms with van der Waals surface area (Å²) in [6.07, 6.45) is 3.43. The van der Waals surface area contributed by atoms with Gasteiger partial charge in [-0.15, -0.1) is 0 Å². The molecule has 1 aliphatic carbocycles. The first-order valence-electron chi connectivity index (χ1n) is 7.90. The summed E-state index contributed by atoms with van der Waals surface area (Å²) in [6, 6.07) is 8.24. The topological polar surface area (TPSA) is 32.8 Å². The van der Waals surface area contributed by atoms with Gasteiger partial charge >= 0.3 is 0 Å². The summed E-state index contributed by atoms with van der Waals surface area (Å²) < 4.78 is 5.18. The molecule has 4 heteroatoms. The van der Waals surface area contributed by atoms with Crippen LogP contribution in [0.2, 0.25) is 0 Å². The molecule has 1 heterocycles. The van der Waals surface area contributed by atoms with Crippen LogP contribution in [0, 0.1) is 5.92 Å². The molecule has 0 spiro atoms. The van der Waals surface area contributed by atoms with E-state index in [1.165, 1.54) is 12.0 Å². The van der Waals surface area contributed by atoms with E-state index in [9.17, 15) is 4.79 Å². The number of nitrogens with zero attached hydrogens (tertiary/aromatic N) is 2. The van der Waals surface area contributed by atoms with E-state index in [4.69, 9.17) is 4.74 Å². The second-order valence-electron chi connectivity index (χ2n) is 6.08. The lowest BCUT2D eigenvalue weighted by molar-refractivity contribution is -0.140. The number of piperazine rings is 1. The number of rotatable bonds is 4. The molecule has 2 fully saturated rings. The summed E-state index contributed by atoms with van der Waals surface area (Å²) in [5, 5.41) is 0. The van der Waals surface area contributed by atoms with E-state index >= 15 is 0 Å².